The van der Waals surface area contributed by atoms with Crippen LogP contribution in [0.5, 0.6) is 5.75 Å². The van der Waals surface area contributed by atoms with Crippen molar-refractivity contribution in [2.24, 2.45) is 17.8 Å². The zero-order chi connectivity index (χ0) is 61.7. The number of esters is 1. The summed E-state index contributed by atoms with van der Waals surface area (Å²) in [5.74, 6) is -2.73. The fraction of sp³-hybridized carbons (Fsp3) is 0.726. The lowest BCUT2D eigenvalue weighted by Crippen LogP contribution is -2.70. The van der Waals surface area contributed by atoms with E-state index in [9.17, 15) is 39.9 Å². The molecule has 18 atom stereocenters. The van der Waals surface area contributed by atoms with Crippen LogP contribution in [-0.2, 0) is 44.4 Å². The predicted molar refractivity (Wildman–Crippen MR) is 316 cm³/mol. The van der Waals surface area contributed by atoms with Crippen LogP contribution in [0.2, 0.25) is 5.02 Å². The minimum Gasteiger partial charge on any atom is -0.497 e. The van der Waals surface area contributed by atoms with E-state index >= 15 is 0 Å². The summed E-state index contributed by atoms with van der Waals surface area (Å²) in [5, 5.41) is 68.6. The summed E-state index contributed by atoms with van der Waals surface area (Å²) >= 11 is 6.11. The van der Waals surface area contributed by atoms with Gasteiger partial charge in [-0.15, -0.1) is 0 Å². The number of rotatable bonds is 18. The number of carbonyl (C=O) groups excluding carboxylic acids is 3. The fourth-order valence-corrected chi connectivity index (χ4v) is 13.2. The lowest BCUT2D eigenvalue weighted by molar-refractivity contribution is -0.336. The van der Waals surface area contributed by atoms with Crippen LogP contribution in [0.3, 0.4) is 0 Å². The van der Waals surface area contributed by atoms with Crippen LogP contribution in [-0.4, -0.2) is 209 Å². The van der Waals surface area contributed by atoms with Crippen molar-refractivity contribution in [3.8, 4) is 5.75 Å². The van der Waals surface area contributed by atoms with Gasteiger partial charge in [0.05, 0.1) is 55.0 Å². The maximum Gasteiger partial charge on any atom is 0.311 e. The van der Waals surface area contributed by atoms with Gasteiger partial charge in [-0.25, -0.2) is 0 Å². The quantitative estimate of drug-likeness (QED) is 0.0604. The number of benzene rings is 2. The highest BCUT2D eigenvalue weighted by Crippen LogP contribution is 2.44. The Morgan fingerprint density at radius 1 is 0.916 bits per heavy atom. The summed E-state index contributed by atoms with van der Waals surface area (Å²) in [4.78, 5) is 45.8. The summed E-state index contributed by atoms with van der Waals surface area (Å²) in [6.07, 6.45) is -7.10. The summed E-state index contributed by atoms with van der Waals surface area (Å²) in [6.45, 7) is 20.7. The van der Waals surface area contributed by atoms with Gasteiger partial charge in [0.2, 0.25) is 5.91 Å². The second-order valence-corrected chi connectivity index (χ2v) is 25.4. The number of unbranched alkanes of at least 4 members (excludes halogenated alkanes) is 1. The molecule has 3 aliphatic rings. The standard InChI is InChI=1S/C62H98ClN5O15/c1-17-49-61(11,75)54(71)40(7)67(14)33-35(2)31-59(9,74)55(83-58-52(70)48(66(12)13)28-36(3)79-58)37(4)53(38(5)57(73)81-49)82-51-32-60(10,78-16)62(76,41(8)80-51)34-64-26-18-19-27-65-50(69)30-45-39(6)68(47-25-24-44(77-15)29-46(45)47)56(72)42-20-22-43(63)23-21-42/h20-25,29,35-38,40-41,48-49,51-55,58,64,70-71,74-76H,17-19,26-28,30-34H2,1-16H3,(H,65,69)/t35-,36-,37+,38-,40-,41+,48+,49-,51?,52-,53?,54-,55-,58+,59-,60-,61-,62-/m1/s1. The third kappa shape index (κ3) is 15.3. The highest BCUT2D eigenvalue weighted by atomic mass is 35.5. The first-order chi connectivity index (χ1) is 38.9. The van der Waals surface area contributed by atoms with Crippen LogP contribution < -0.4 is 15.4 Å². The van der Waals surface area contributed by atoms with Crippen LogP contribution in [0.15, 0.2) is 42.5 Å². The Balaban J connectivity index is 1.17. The van der Waals surface area contributed by atoms with Crippen molar-refractivity contribution < 1.29 is 73.1 Å². The van der Waals surface area contributed by atoms with Gasteiger partial charge >= 0.3 is 5.97 Å². The molecular weight excluding hydrogens is 1090 g/mol. The molecule has 3 fully saturated rings. The number of fused-ring (bicyclic) bond motifs is 1. The number of hydrogen-bond acceptors (Lipinski definition) is 18. The highest BCUT2D eigenvalue weighted by Gasteiger charge is 2.58. The fourth-order valence-electron chi connectivity index (χ4n) is 13.0. The molecule has 0 aliphatic carbocycles. The Morgan fingerprint density at radius 2 is 1.58 bits per heavy atom. The van der Waals surface area contributed by atoms with Gasteiger partial charge in [0.15, 0.2) is 12.6 Å². The van der Waals surface area contributed by atoms with Gasteiger partial charge in [-0.1, -0.05) is 32.4 Å². The molecule has 0 spiro atoms. The van der Waals surface area contributed by atoms with E-state index < -0.39 is 95.5 Å². The molecule has 0 bridgehead atoms. The number of nitrogens with one attached hydrogen (secondary N) is 2. The van der Waals surface area contributed by atoms with Crippen molar-refractivity contribution in [3.05, 3.63) is 64.3 Å². The summed E-state index contributed by atoms with van der Waals surface area (Å²) < 4.78 is 46.2. The van der Waals surface area contributed by atoms with Crippen LogP contribution in [0.25, 0.3) is 10.9 Å². The normalized spacial score (nSPS) is 36.3. The van der Waals surface area contributed by atoms with Crippen LogP contribution in [0.4, 0.5) is 0 Å². The number of amides is 1. The molecule has 0 radical (unpaired) electrons. The zero-order valence-electron chi connectivity index (χ0n) is 51.9. The first kappa shape index (κ1) is 68.3. The highest BCUT2D eigenvalue weighted by molar-refractivity contribution is 6.30. The van der Waals surface area contributed by atoms with Crippen LogP contribution >= 0.6 is 11.6 Å². The van der Waals surface area contributed by atoms with Crippen molar-refractivity contribution in [3.63, 3.8) is 0 Å². The van der Waals surface area contributed by atoms with Gasteiger partial charge in [0.1, 0.15) is 40.9 Å². The molecule has 1 aromatic heterocycles. The first-order valence-electron chi connectivity index (χ1n) is 29.6. The SMILES string of the molecule is CC[C@H]1OC(=O)[C@H](C)C(OC2C[C@@](C)(OC)[C@@](O)(CNCCCCNC(=O)Cc3c(C)n(C(=O)c4ccc(Cl)cc4)c4ccc(OC)cc34)[C@H](C)O2)[C@H](C)[C@@H](O[C@@H]2O[C@H](C)C[C@H](N(C)C)[C@H]2O)[C@](C)(O)C[C@@H](C)CN(C)[C@H](C)[C@@H](O)[C@]1(C)O. The lowest BCUT2D eigenvalue weighted by Gasteiger charge is -2.53. The molecule has 20 nitrogen and oxygen atoms in total. The molecule has 2 unspecified atom stereocenters. The molecule has 21 heteroatoms. The molecule has 0 saturated carbocycles. The molecule has 1 amide bonds. The molecule has 6 rings (SSSR count). The van der Waals surface area contributed by atoms with Gasteiger partial charge in [-0.3, -0.25) is 19.0 Å². The van der Waals surface area contributed by atoms with Gasteiger partial charge in [0, 0.05) is 72.8 Å². The minimum absolute atomic E-state index is 0.00259. The third-order valence-electron chi connectivity index (χ3n) is 18.4. The van der Waals surface area contributed by atoms with Gasteiger partial charge in [0.25, 0.3) is 5.91 Å². The van der Waals surface area contributed by atoms with Crippen molar-refractivity contribution in [2.45, 2.75) is 211 Å². The topological polar surface area (TPSA) is 252 Å². The van der Waals surface area contributed by atoms with Crippen molar-refractivity contribution in [1.29, 1.82) is 0 Å². The third-order valence-corrected chi connectivity index (χ3v) is 18.6. The number of ether oxygens (including phenoxy) is 7. The Hall–Kier alpha value is -3.84. The number of aliphatic hydroxyl groups excluding tert-OH is 2. The smallest absolute Gasteiger partial charge is 0.311 e. The van der Waals surface area contributed by atoms with Gasteiger partial charge in [-0.2, -0.15) is 0 Å². The van der Waals surface area contributed by atoms with E-state index in [1.54, 1.807) is 83.6 Å². The molecule has 4 heterocycles. The van der Waals surface area contributed by atoms with Crippen molar-refractivity contribution in [1.82, 2.24) is 25.0 Å². The minimum atomic E-state index is -1.87. The Morgan fingerprint density at radius 3 is 2.20 bits per heavy atom. The molecule has 7 N–H and O–H groups in total. The monoisotopic (exact) mass is 1190 g/mol. The molecule has 3 aromatic rings. The first-order valence-corrected chi connectivity index (χ1v) is 30.0. The van der Waals surface area contributed by atoms with Gasteiger partial charge in [-0.05, 0) is 169 Å². The molecule has 3 saturated heterocycles. The number of carbonyl (C=O) groups is 3. The van der Waals surface area contributed by atoms with E-state index in [0.717, 1.165) is 5.39 Å². The largest absolute Gasteiger partial charge is 0.497 e. The number of aromatic nitrogens is 1. The van der Waals surface area contributed by atoms with E-state index in [1.807, 2.05) is 70.8 Å². The van der Waals surface area contributed by atoms with E-state index in [1.165, 1.54) is 14.0 Å². The summed E-state index contributed by atoms with van der Waals surface area (Å²) in [6, 6.07) is 11.2. The van der Waals surface area contributed by atoms with Crippen molar-refractivity contribution in [2.75, 3.05) is 61.5 Å². The number of cyclic esters (lactones) is 1. The predicted octanol–water partition coefficient (Wildman–Crippen LogP) is 5.61. The van der Waals surface area contributed by atoms with E-state index in [4.69, 9.17) is 44.8 Å². The zero-order valence-corrected chi connectivity index (χ0v) is 52.7. The molecule has 3 aliphatic heterocycles. The summed E-state index contributed by atoms with van der Waals surface area (Å²) in [7, 11) is 8.66. The average molecular weight is 1190 g/mol. The molecule has 83 heavy (non-hydrogen) atoms. The number of nitrogens with zero attached hydrogens (tertiary/aromatic N) is 3. The van der Waals surface area contributed by atoms with Crippen LogP contribution in [0, 0.1) is 24.7 Å². The Bertz CT molecular complexity index is 2640. The van der Waals surface area contributed by atoms with Crippen LogP contribution in [0.1, 0.15) is 129 Å². The number of likely N-dealkylation sites (N-methyl/N-ethyl adjacent to an activating group) is 2. The average Bonchev–Trinajstić information content (AvgIpc) is 2.75. The Kier molecular flexibility index (Phi) is 23.3. The number of aliphatic hydroxyl groups is 5. The number of halogens is 1. The summed E-state index contributed by atoms with van der Waals surface area (Å²) in [5.41, 5.74) is -3.92. The maximum atomic E-state index is 14.7. The second-order valence-electron chi connectivity index (χ2n) is 25.0. The number of methoxy groups -OCH3 is 2. The van der Waals surface area contributed by atoms with Crippen molar-refractivity contribution >= 4 is 40.3 Å². The van der Waals surface area contributed by atoms with E-state index in [0.29, 0.717) is 72.0 Å². The lowest BCUT2D eigenvalue weighted by atomic mass is 9.75. The molecule has 468 valence electrons. The maximum absolute atomic E-state index is 14.7. The van der Waals surface area contributed by atoms with E-state index in [-0.39, 0.29) is 62.1 Å². The number of hydrogen-bond donors (Lipinski definition) is 7. The Labute approximate surface area is 496 Å². The molecule has 2 aromatic carbocycles. The second kappa shape index (κ2) is 28.3. The molecular formula is C62H98ClN5O15. The van der Waals surface area contributed by atoms with E-state index in [2.05, 4.69) is 10.6 Å². The van der Waals surface area contributed by atoms with Gasteiger partial charge < -0.3 is 79.1 Å².